The minimum absolute atomic E-state index is 0.112. The number of esters is 1. The van der Waals surface area contributed by atoms with Gasteiger partial charge < -0.3 is 4.74 Å². The van der Waals surface area contributed by atoms with Gasteiger partial charge in [-0.3, -0.25) is 9.59 Å². The van der Waals surface area contributed by atoms with Crippen molar-refractivity contribution in [3.05, 3.63) is 42.0 Å². The quantitative estimate of drug-likeness (QED) is 0.483. The fraction of sp³-hybridized carbons (Fsp3) is 0.450. The molecule has 5 heteroatoms. The van der Waals surface area contributed by atoms with Crippen LogP contribution in [0.3, 0.4) is 0 Å². The van der Waals surface area contributed by atoms with Gasteiger partial charge in [-0.2, -0.15) is 0 Å². The van der Waals surface area contributed by atoms with E-state index in [0.717, 1.165) is 12.8 Å². The van der Waals surface area contributed by atoms with Gasteiger partial charge in [0.1, 0.15) is 0 Å². The van der Waals surface area contributed by atoms with Gasteiger partial charge in [-0.1, -0.05) is 18.2 Å². The molecule has 2 bridgehead atoms. The number of hydrogen-bond donors (Lipinski definition) is 0. The summed E-state index contributed by atoms with van der Waals surface area (Å²) >= 11 is 0. The molecule has 25 heavy (non-hydrogen) atoms. The lowest BCUT2D eigenvalue weighted by Gasteiger charge is -2.22. The summed E-state index contributed by atoms with van der Waals surface area (Å²) in [6, 6.07) is 6.61. The maximum atomic E-state index is 13.1. The molecule has 3 aliphatic carbocycles. The van der Waals surface area contributed by atoms with E-state index in [4.69, 9.17) is 4.74 Å². The Morgan fingerprint density at radius 1 is 1.16 bits per heavy atom. The van der Waals surface area contributed by atoms with Crippen LogP contribution in [0.15, 0.2) is 36.4 Å². The normalized spacial score (nSPS) is 33.2. The van der Waals surface area contributed by atoms with E-state index < -0.39 is 5.97 Å². The van der Waals surface area contributed by atoms with E-state index in [1.165, 1.54) is 4.90 Å². The molecule has 128 valence electrons. The Kier molecular flexibility index (Phi) is 2.86. The molecular weight excluding hydrogens is 318 g/mol. The van der Waals surface area contributed by atoms with Gasteiger partial charge in [-0.25, -0.2) is 9.69 Å². The minimum Gasteiger partial charge on any atom is -0.462 e. The number of carbonyl (C=O) groups excluding carboxylic acids is 3. The van der Waals surface area contributed by atoms with Gasteiger partial charge in [0.25, 0.3) is 0 Å². The van der Waals surface area contributed by atoms with Crippen LogP contribution in [0.1, 0.15) is 30.1 Å². The van der Waals surface area contributed by atoms with Crippen molar-refractivity contribution in [3.8, 4) is 0 Å². The van der Waals surface area contributed by atoms with Crippen LogP contribution in [0.5, 0.6) is 0 Å². The average molecular weight is 337 g/mol. The van der Waals surface area contributed by atoms with Crippen molar-refractivity contribution in [2.24, 2.45) is 29.1 Å². The van der Waals surface area contributed by atoms with Gasteiger partial charge >= 0.3 is 5.97 Å². The molecule has 1 aromatic carbocycles. The number of anilines is 1. The molecule has 5 rings (SSSR count). The summed E-state index contributed by atoms with van der Waals surface area (Å²) in [6.07, 6.45) is 6.56. The van der Waals surface area contributed by atoms with Gasteiger partial charge in [0.05, 0.1) is 29.7 Å². The number of benzene rings is 1. The van der Waals surface area contributed by atoms with Crippen molar-refractivity contribution >= 4 is 23.5 Å². The maximum absolute atomic E-state index is 13.1. The first-order chi connectivity index (χ1) is 12.1. The number of amides is 2. The smallest absolute Gasteiger partial charge is 0.338 e. The zero-order valence-electron chi connectivity index (χ0n) is 14.0. The van der Waals surface area contributed by atoms with Crippen LogP contribution in [0.25, 0.3) is 0 Å². The van der Waals surface area contributed by atoms with Crippen molar-refractivity contribution in [1.82, 2.24) is 0 Å². The van der Waals surface area contributed by atoms with Crippen LogP contribution in [-0.4, -0.2) is 24.4 Å². The van der Waals surface area contributed by atoms with Gasteiger partial charge in [0, 0.05) is 0 Å². The molecule has 2 amide bonds. The van der Waals surface area contributed by atoms with Crippen LogP contribution < -0.4 is 4.90 Å². The van der Waals surface area contributed by atoms with Gasteiger partial charge in [0.2, 0.25) is 11.8 Å². The Hall–Kier alpha value is -2.43. The third-order valence-electron chi connectivity index (χ3n) is 6.47. The minimum atomic E-state index is -0.442. The lowest BCUT2D eigenvalue weighted by atomic mass is 9.85. The van der Waals surface area contributed by atoms with Crippen molar-refractivity contribution in [2.75, 3.05) is 11.5 Å². The van der Waals surface area contributed by atoms with E-state index in [0.29, 0.717) is 11.3 Å². The highest BCUT2D eigenvalue weighted by atomic mass is 16.5. The Morgan fingerprint density at radius 3 is 2.36 bits per heavy atom. The molecule has 4 atom stereocenters. The summed E-state index contributed by atoms with van der Waals surface area (Å²) in [7, 11) is 0. The lowest BCUT2D eigenvalue weighted by Crippen LogP contribution is -2.34. The van der Waals surface area contributed by atoms with E-state index in [9.17, 15) is 14.4 Å². The first-order valence-corrected chi connectivity index (χ1v) is 8.92. The number of hydrogen-bond acceptors (Lipinski definition) is 4. The summed E-state index contributed by atoms with van der Waals surface area (Å²) in [6.45, 7) is 2.03. The second-order valence-corrected chi connectivity index (χ2v) is 7.50. The predicted octanol–water partition coefficient (Wildman–Crippen LogP) is 2.56. The van der Waals surface area contributed by atoms with E-state index >= 15 is 0 Å². The Balaban J connectivity index is 1.49. The highest BCUT2D eigenvalue weighted by Crippen LogP contribution is 2.73. The van der Waals surface area contributed by atoms with E-state index in [1.807, 2.05) is 0 Å². The van der Waals surface area contributed by atoms with E-state index in [2.05, 4.69) is 12.2 Å². The number of nitrogens with zero attached hydrogens (tertiary/aromatic N) is 1. The molecule has 0 radical (unpaired) electrons. The molecule has 1 heterocycles. The lowest BCUT2D eigenvalue weighted by molar-refractivity contribution is -0.123. The topological polar surface area (TPSA) is 63.7 Å². The highest BCUT2D eigenvalue weighted by molar-refractivity contribution is 6.23. The van der Waals surface area contributed by atoms with Crippen LogP contribution in [0, 0.1) is 29.1 Å². The largest absolute Gasteiger partial charge is 0.462 e. The molecular formula is C20H19NO4. The Bertz CT molecular complexity index is 804. The van der Waals surface area contributed by atoms with Crippen molar-refractivity contribution in [2.45, 2.75) is 19.8 Å². The fourth-order valence-electron chi connectivity index (χ4n) is 5.32. The number of rotatable bonds is 3. The third kappa shape index (κ3) is 1.76. The summed E-state index contributed by atoms with van der Waals surface area (Å²) in [5, 5.41) is 0. The van der Waals surface area contributed by atoms with E-state index in [1.54, 1.807) is 31.2 Å². The summed E-state index contributed by atoms with van der Waals surface area (Å²) in [4.78, 5) is 39.4. The molecule has 1 aromatic rings. The highest BCUT2D eigenvalue weighted by Gasteiger charge is 2.73. The van der Waals surface area contributed by atoms with Crippen molar-refractivity contribution in [3.63, 3.8) is 0 Å². The van der Waals surface area contributed by atoms with Crippen molar-refractivity contribution < 1.29 is 19.1 Å². The SMILES string of the molecule is CCOC(=O)c1cccc(N2C(=O)[C@H]3[C@H](C2=O)[C@H]2C=C[C@H]3C23CC3)c1. The molecule has 5 nitrogen and oxygen atoms in total. The monoisotopic (exact) mass is 337 g/mol. The second kappa shape index (κ2) is 4.81. The van der Waals surface area contributed by atoms with E-state index in [-0.39, 0.29) is 47.5 Å². The number of carbonyl (C=O) groups is 3. The molecule has 0 N–H and O–H groups in total. The number of allylic oxidation sites excluding steroid dienone is 2. The number of ether oxygens (including phenoxy) is 1. The van der Waals surface area contributed by atoms with Gasteiger partial charge in [-0.05, 0) is 55.2 Å². The van der Waals surface area contributed by atoms with Crippen molar-refractivity contribution in [1.29, 1.82) is 0 Å². The average Bonchev–Trinajstić information content (AvgIpc) is 3.20. The molecule has 0 unspecified atom stereocenters. The molecule has 0 aromatic heterocycles. The molecule has 1 spiro atoms. The van der Waals surface area contributed by atoms with Crippen LogP contribution in [0.2, 0.25) is 0 Å². The molecule has 3 fully saturated rings. The molecule has 1 saturated heterocycles. The summed E-state index contributed by atoms with van der Waals surface area (Å²) < 4.78 is 5.02. The van der Waals surface area contributed by atoms with Gasteiger partial charge in [-0.15, -0.1) is 0 Å². The molecule has 2 saturated carbocycles. The second-order valence-electron chi connectivity index (χ2n) is 7.50. The Morgan fingerprint density at radius 2 is 1.80 bits per heavy atom. The number of fused-ring (bicyclic) bond motifs is 3. The summed E-state index contributed by atoms with van der Waals surface area (Å²) in [5.74, 6) is -0.706. The van der Waals surface area contributed by atoms with Crippen LogP contribution in [0.4, 0.5) is 5.69 Å². The predicted molar refractivity (Wildman–Crippen MR) is 89.7 cm³/mol. The Labute approximate surface area is 145 Å². The number of imide groups is 1. The zero-order chi connectivity index (χ0) is 17.3. The fourth-order valence-corrected chi connectivity index (χ4v) is 5.32. The molecule has 1 aliphatic heterocycles. The first-order valence-electron chi connectivity index (χ1n) is 8.92. The van der Waals surface area contributed by atoms with Crippen LogP contribution in [-0.2, 0) is 14.3 Å². The zero-order valence-corrected chi connectivity index (χ0v) is 14.0. The first kappa shape index (κ1) is 14.9. The standard InChI is InChI=1S/C20H19NO4/c1-2-25-19(24)11-4-3-5-12(10-11)21-17(22)15-13-6-7-14(16(15)18(21)23)20(13)8-9-20/h3-7,10,13-16H,2,8-9H2,1H3/t13-,14-,15-,16-/m1/s1. The maximum Gasteiger partial charge on any atom is 0.338 e. The van der Waals surface area contributed by atoms with Crippen LogP contribution >= 0.6 is 0 Å². The van der Waals surface area contributed by atoms with Gasteiger partial charge in [0.15, 0.2) is 0 Å². The molecule has 4 aliphatic rings. The summed E-state index contributed by atoms with van der Waals surface area (Å²) in [5.41, 5.74) is 1.02. The third-order valence-corrected chi connectivity index (χ3v) is 6.47.